The minimum Gasteiger partial charge on any atom is -0.507 e. The molecule has 0 aliphatic carbocycles. The molecule has 3 N–H and O–H groups in total. The number of hydrogen-bond acceptors (Lipinski definition) is 7. The van der Waals surface area contributed by atoms with Crippen LogP contribution in [0.3, 0.4) is 0 Å². The number of amides is 1. The van der Waals surface area contributed by atoms with Gasteiger partial charge in [-0.2, -0.15) is 5.10 Å². The summed E-state index contributed by atoms with van der Waals surface area (Å²) in [6.45, 7) is 9.21. The molecule has 9 nitrogen and oxygen atoms in total. The molecule has 1 aliphatic rings. The Morgan fingerprint density at radius 2 is 1.91 bits per heavy atom. The maximum absolute atomic E-state index is 12.4. The normalized spacial score (nSPS) is 15.8. The van der Waals surface area contributed by atoms with Gasteiger partial charge in [0, 0.05) is 24.8 Å². The largest absolute Gasteiger partial charge is 0.507 e. The van der Waals surface area contributed by atoms with Crippen LogP contribution in [0, 0.1) is 5.92 Å². The summed E-state index contributed by atoms with van der Waals surface area (Å²) in [5, 5.41) is 22.9. The van der Waals surface area contributed by atoms with Crippen LogP contribution in [-0.4, -0.2) is 54.8 Å². The Kier molecular flexibility index (Phi) is 6.45. The topological polar surface area (TPSA) is 119 Å². The zero-order valence-electron chi connectivity index (χ0n) is 20.1. The van der Waals surface area contributed by atoms with Gasteiger partial charge in [0.05, 0.1) is 11.9 Å². The van der Waals surface area contributed by atoms with Crippen molar-refractivity contribution in [3.8, 4) is 22.7 Å². The molecule has 1 atom stereocenters. The summed E-state index contributed by atoms with van der Waals surface area (Å²) in [6, 6.07) is 8.74. The SMILES string of the molecule is C[C@@H](c1cnn(-c2cc(-c3ccccc3O)nnc2N)c1)C1CCN(C(=O)OC(C)(C)C)CC1. The first-order valence-electron chi connectivity index (χ1n) is 11.6. The van der Waals surface area contributed by atoms with Crippen molar-refractivity contribution in [1.82, 2.24) is 24.9 Å². The van der Waals surface area contributed by atoms with Gasteiger partial charge in [0.25, 0.3) is 0 Å². The molecule has 1 aromatic carbocycles. The van der Waals surface area contributed by atoms with Crippen molar-refractivity contribution in [1.29, 1.82) is 0 Å². The fraction of sp³-hybridized carbons (Fsp3) is 0.440. The Balaban J connectivity index is 1.46. The Morgan fingerprint density at radius 3 is 2.59 bits per heavy atom. The van der Waals surface area contributed by atoms with Gasteiger partial charge in [-0.15, -0.1) is 10.2 Å². The van der Waals surface area contributed by atoms with Gasteiger partial charge >= 0.3 is 6.09 Å². The zero-order chi connectivity index (χ0) is 24.5. The van der Waals surface area contributed by atoms with Gasteiger partial charge < -0.3 is 20.5 Å². The lowest BCUT2D eigenvalue weighted by molar-refractivity contribution is 0.0176. The van der Waals surface area contributed by atoms with Gasteiger partial charge in [0.15, 0.2) is 5.82 Å². The average Bonchev–Trinajstić information content (AvgIpc) is 3.28. The Hall–Kier alpha value is -3.62. The smallest absolute Gasteiger partial charge is 0.410 e. The lowest BCUT2D eigenvalue weighted by Gasteiger charge is -2.35. The van der Waals surface area contributed by atoms with Crippen molar-refractivity contribution in [2.24, 2.45) is 5.92 Å². The number of phenols is 1. The summed E-state index contributed by atoms with van der Waals surface area (Å²) in [5.74, 6) is 1.08. The number of anilines is 1. The Morgan fingerprint density at radius 1 is 1.21 bits per heavy atom. The van der Waals surface area contributed by atoms with Crippen LogP contribution in [0.2, 0.25) is 0 Å². The summed E-state index contributed by atoms with van der Waals surface area (Å²) >= 11 is 0. The van der Waals surface area contributed by atoms with E-state index in [2.05, 4.69) is 22.2 Å². The highest BCUT2D eigenvalue weighted by Gasteiger charge is 2.30. The van der Waals surface area contributed by atoms with Gasteiger partial charge in [-0.1, -0.05) is 19.1 Å². The number of hydrogen-bond donors (Lipinski definition) is 2. The number of benzene rings is 1. The average molecular weight is 465 g/mol. The molecule has 3 heterocycles. The van der Waals surface area contributed by atoms with Crippen LogP contribution in [0.25, 0.3) is 16.9 Å². The number of aromatic hydroxyl groups is 1. The van der Waals surface area contributed by atoms with Crippen molar-refractivity contribution in [3.63, 3.8) is 0 Å². The lowest BCUT2D eigenvalue weighted by atomic mass is 9.82. The first-order chi connectivity index (χ1) is 16.1. The minimum atomic E-state index is -0.488. The number of likely N-dealkylation sites (tertiary alicyclic amines) is 1. The lowest BCUT2D eigenvalue weighted by Crippen LogP contribution is -2.42. The second-order valence-electron chi connectivity index (χ2n) is 9.83. The summed E-state index contributed by atoms with van der Waals surface area (Å²) in [5.41, 5.74) is 8.41. The quantitative estimate of drug-likeness (QED) is 0.588. The van der Waals surface area contributed by atoms with E-state index in [4.69, 9.17) is 10.5 Å². The van der Waals surface area contributed by atoms with Crippen molar-refractivity contribution in [3.05, 3.63) is 48.3 Å². The molecule has 34 heavy (non-hydrogen) atoms. The molecular formula is C25H32N6O3. The van der Waals surface area contributed by atoms with E-state index in [0.717, 1.165) is 18.4 Å². The summed E-state index contributed by atoms with van der Waals surface area (Å²) in [6.07, 6.45) is 5.38. The molecule has 0 bridgehead atoms. The molecule has 180 valence electrons. The highest BCUT2D eigenvalue weighted by Crippen LogP contribution is 2.34. The number of carbonyl (C=O) groups is 1. The molecule has 2 aromatic heterocycles. The number of rotatable bonds is 4. The van der Waals surface area contributed by atoms with E-state index in [1.165, 1.54) is 0 Å². The molecule has 4 rings (SSSR count). The first-order valence-corrected chi connectivity index (χ1v) is 11.6. The third kappa shape index (κ3) is 5.13. The van der Waals surface area contributed by atoms with Gasteiger partial charge in [0.1, 0.15) is 17.0 Å². The number of piperidine rings is 1. The fourth-order valence-electron chi connectivity index (χ4n) is 4.28. The molecule has 0 unspecified atom stereocenters. The maximum atomic E-state index is 12.4. The second kappa shape index (κ2) is 9.32. The molecule has 1 aliphatic heterocycles. The minimum absolute atomic E-state index is 0.125. The van der Waals surface area contributed by atoms with Crippen LogP contribution in [-0.2, 0) is 4.74 Å². The molecule has 1 amide bonds. The zero-order valence-corrected chi connectivity index (χ0v) is 20.1. The van der Waals surface area contributed by atoms with Crippen molar-refractivity contribution < 1.29 is 14.6 Å². The predicted octanol–water partition coefficient (Wildman–Crippen LogP) is 4.37. The van der Waals surface area contributed by atoms with E-state index >= 15 is 0 Å². The fourth-order valence-corrected chi connectivity index (χ4v) is 4.28. The van der Waals surface area contributed by atoms with Gasteiger partial charge in [-0.25, -0.2) is 9.48 Å². The number of para-hydroxylation sites is 1. The molecule has 0 radical (unpaired) electrons. The molecule has 0 saturated carbocycles. The molecule has 3 aromatic rings. The van der Waals surface area contributed by atoms with Gasteiger partial charge in [0.2, 0.25) is 0 Å². The van der Waals surface area contributed by atoms with E-state index in [9.17, 15) is 9.90 Å². The molecule has 1 saturated heterocycles. The highest BCUT2D eigenvalue weighted by molar-refractivity contribution is 5.70. The maximum Gasteiger partial charge on any atom is 0.410 e. The van der Waals surface area contributed by atoms with Crippen LogP contribution >= 0.6 is 0 Å². The number of aromatic nitrogens is 4. The van der Waals surface area contributed by atoms with E-state index in [1.807, 2.05) is 39.2 Å². The second-order valence-corrected chi connectivity index (χ2v) is 9.83. The van der Waals surface area contributed by atoms with Crippen LogP contribution < -0.4 is 5.73 Å². The van der Waals surface area contributed by atoms with Crippen molar-refractivity contribution in [2.75, 3.05) is 18.8 Å². The van der Waals surface area contributed by atoms with Crippen LogP contribution in [0.1, 0.15) is 52.0 Å². The summed E-state index contributed by atoms with van der Waals surface area (Å²) < 4.78 is 7.21. The number of nitrogens with two attached hydrogens (primary N) is 1. The van der Waals surface area contributed by atoms with E-state index in [-0.39, 0.29) is 23.6 Å². The van der Waals surface area contributed by atoms with Crippen LogP contribution in [0.4, 0.5) is 10.6 Å². The van der Waals surface area contributed by atoms with Gasteiger partial charge in [-0.05, 0) is 69.2 Å². The number of ether oxygens (including phenoxy) is 1. The van der Waals surface area contributed by atoms with Crippen molar-refractivity contribution >= 4 is 11.9 Å². The van der Waals surface area contributed by atoms with E-state index < -0.39 is 5.60 Å². The molecular weight excluding hydrogens is 432 g/mol. The van der Waals surface area contributed by atoms with Crippen molar-refractivity contribution in [2.45, 2.75) is 52.1 Å². The third-order valence-corrected chi connectivity index (χ3v) is 6.25. The number of nitrogen functional groups attached to an aromatic ring is 1. The Labute approximate surface area is 199 Å². The number of phenolic OH excluding ortho intramolecular Hbond substituents is 1. The summed E-state index contributed by atoms with van der Waals surface area (Å²) in [7, 11) is 0. The summed E-state index contributed by atoms with van der Waals surface area (Å²) in [4.78, 5) is 14.1. The van der Waals surface area contributed by atoms with Crippen LogP contribution in [0.15, 0.2) is 42.7 Å². The van der Waals surface area contributed by atoms with Gasteiger partial charge in [-0.3, -0.25) is 0 Å². The predicted molar refractivity (Wildman–Crippen MR) is 130 cm³/mol. The highest BCUT2D eigenvalue weighted by atomic mass is 16.6. The molecule has 1 fully saturated rings. The van der Waals surface area contributed by atoms with E-state index in [0.29, 0.717) is 36.0 Å². The molecule has 9 heteroatoms. The standard InChI is InChI=1S/C25H32N6O3/c1-16(17-9-11-30(12-10-17)24(33)34-25(2,3)4)18-14-27-31(15-18)21-13-20(28-29-23(21)26)19-7-5-6-8-22(19)32/h5-8,13-17,32H,9-12H2,1-4H3,(H2,26,29)/t16-/m1/s1. The molecule has 0 spiro atoms. The number of nitrogens with zero attached hydrogens (tertiary/aromatic N) is 5. The van der Waals surface area contributed by atoms with E-state index in [1.54, 1.807) is 33.8 Å². The Bertz CT molecular complexity index is 1160. The monoisotopic (exact) mass is 464 g/mol. The van der Waals surface area contributed by atoms with Crippen LogP contribution in [0.5, 0.6) is 5.75 Å². The third-order valence-electron chi connectivity index (χ3n) is 6.25. The number of carbonyl (C=O) groups excluding carboxylic acids is 1. The first kappa shape index (κ1) is 23.5.